The third kappa shape index (κ3) is 2.85. The lowest BCUT2D eigenvalue weighted by Crippen LogP contribution is -1.98. The van der Waals surface area contributed by atoms with Crippen molar-refractivity contribution in [2.45, 2.75) is 0 Å². The highest BCUT2D eigenvalue weighted by Crippen LogP contribution is 2.31. The second kappa shape index (κ2) is 6.14. The van der Waals surface area contributed by atoms with Gasteiger partial charge in [0.25, 0.3) is 0 Å². The molecule has 0 aliphatic rings. The number of nitrogens with zero attached hydrogens (tertiary/aromatic N) is 1. The third-order valence-electron chi connectivity index (χ3n) is 4.28. The average molecular weight is 355 g/mol. The van der Waals surface area contributed by atoms with Gasteiger partial charge in [-0.15, -0.1) is 0 Å². The Morgan fingerprint density at radius 3 is 2.44 bits per heavy atom. The molecule has 0 N–H and O–H groups in total. The van der Waals surface area contributed by atoms with Crippen molar-refractivity contribution in [3.63, 3.8) is 0 Å². The largest absolute Gasteiger partial charge is 0.423 e. The Labute approximate surface area is 153 Å². The predicted octanol–water partition coefficient (Wildman–Crippen LogP) is 5.39. The zero-order valence-electron chi connectivity index (χ0n) is 14.1. The van der Waals surface area contributed by atoms with Gasteiger partial charge in [-0.25, -0.2) is 4.79 Å². The van der Waals surface area contributed by atoms with E-state index in [0.29, 0.717) is 22.4 Å². The molecule has 0 fully saturated rings. The molecule has 0 atom stereocenters. The van der Waals surface area contributed by atoms with Crippen LogP contribution in [0.4, 0.5) is 0 Å². The van der Waals surface area contributed by atoms with Crippen LogP contribution in [0.3, 0.4) is 0 Å². The van der Waals surface area contributed by atoms with Crippen LogP contribution in [-0.4, -0.2) is 4.98 Å². The van der Waals surface area contributed by atoms with Crippen molar-refractivity contribution in [3.8, 4) is 23.0 Å². The Bertz CT molecular complexity index is 1290. The molecule has 130 valence electrons. The maximum absolute atomic E-state index is 12.0. The Balaban J connectivity index is 1.58. The topological polar surface area (TPSA) is 65.5 Å². The molecule has 2 aromatic heterocycles. The molecule has 0 bridgehead atoms. The van der Waals surface area contributed by atoms with Crippen molar-refractivity contribution in [3.05, 3.63) is 89.3 Å². The molecule has 3 aromatic carbocycles. The normalized spacial score (nSPS) is 11.1. The van der Waals surface area contributed by atoms with E-state index < -0.39 is 5.63 Å². The van der Waals surface area contributed by atoms with E-state index in [1.54, 1.807) is 12.1 Å². The zero-order chi connectivity index (χ0) is 18.2. The van der Waals surface area contributed by atoms with E-state index in [0.717, 1.165) is 16.5 Å². The zero-order valence-corrected chi connectivity index (χ0v) is 14.1. The summed E-state index contributed by atoms with van der Waals surface area (Å²) >= 11 is 0. The summed E-state index contributed by atoms with van der Waals surface area (Å²) < 4.78 is 16.7. The first-order valence-corrected chi connectivity index (χ1v) is 8.43. The van der Waals surface area contributed by atoms with Crippen LogP contribution in [0.1, 0.15) is 0 Å². The van der Waals surface area contributed by atoms with Gasteiger partial charge in [0.05, 0.1) is 0 Å². The van der Waals surface area contributed by atoms with Crippen LogP contribution in [-0.2, 0) is 0 Å². The van der Waals surface area contributed by atoms with Gasteiger partial charge in [0.1, 0.15) is 16.8 Å². The molecule has 5 heteroatoms. The van der Waals surface area contributed by atoms with E-state index in [4.69, 9.17) is 13.6 Å². The second-order valence-electron chi connectivity index (χ2n) is 6.05. The minimum Gasteiger partial charge on any atom is -0.423 e. The standard InChI is InChI=1S/C22H13NO4/c24-21-13-17(14-6-2-1-3-7-14)16-11-10-15(12-20(16)26-21)25-22-23-18-8-4-5-9-19(18)27-22/h1-13H. The Morgan fingerprint density at radius 2 is 1.59 bits per heavy atom. The molecule has 0 radical (unpaired) electrons. The fourth-order valence-electron chi connectivity index (χ4n) is 3.06. The van der Waals surface area contributed by atoms with E-state index in [1.165, 1.54) is 6.07 Å². The Hall–Kier alpha value is -3.86. The molecule has 0 aliphatic heterocycles. The van der Waals surface area contributed by atoms with Gasteiger partial charge in [0.15, 0.2) is 5.58 Å². The maximum Gasteiger partial charge on any atom is 0.400 e. The van der Waals surface area contributed by atoms with Gasteiger partial charge < -0.3 is 13.6 Å². The van der Waals surface area contributed by atoms with E-state index in [9.17, 15) is 4.79 Å². The summed E-state index contributed by atoms with van der Waals surface area (Å²) in [5.74, 6) is 0.474. The third-order valence-corrected chi connectivity index (χ3v) is 4.28. The molecule has 5 nitrogen and oxygen atoms in total. The molecule has 5 rings (SSSR count). The molecule has 2 heterocycles. The monoisotopic (exact) mass is 355 g/mol. The minimum absolute atomic E-state index is 0.136. The smallest absolute Gasteiger partial charge is 0.400 e. The fraction of sp³-hybridized carbons (Fsp3) is 0. The van der Waals surface area contributed by atoms with Crippen LogP contribution in [0.2, 0.25) is 0 Å². The highest BCUT2D eigenvalue weighted by molar-refractivity contribution is 5.93. The Morgan fingerprint density at radius 1 is 0.778 bits per heavy atom. The van der Waals surface area contributed by atoms with E-state index >= 15 is 0 Å². The van der Waals surface area contributed by atoms with E-state index in [1.807, 2.05) is 60.7 Å². The first-order chi connectivity index (χ1) is 13.3. The molecule has 0 saturated heterocycles. The van der Waals surface area contributed by atoms with Gasteiger partial charge in [0, 0.05) is 17.5 Å². The number of para-hydroxylation sites is 2. The molecule has 27 heavy (non-hydrogen) atoms. The lowest BCUT2D eigenvalue weighted by Gasteiger charge is -2.07. The van der Waals surface area contributed by atoms with Crippen molar-refractivity contribution in [1.82, 2.24) is 4.98 Å². The summed E-state index contributed by atoms with van der Waals surface area (Å²) in [5.41, 5.74) is 3.14. The summed E-state index contributed by atoms with van der Waals surface area (Å²) in [6.07, 6.45) is 0.136. The highest BCUT2D eigenvalue weighted by Gasteiger charge is 2.11. The summed E-state index contributed by atoms with van der Waals surface area (Å²) in [6.45, 7) is 0. The van der Waals surface area contributed by atoms with Crippen LogP contribution in [0, 0.1) is 0 Å². The quantitative estimate of drug-likeness (QED) is 0.406. The summed E-state index contributed by atoms with van der Waals surface area (Å²) in [5, 5.41) is 0.825. The summed E-state index contributed by atoms with van der Waals surface area (Å²) in [7, 11) is 0. The lowest BCUT2D eigenvalue weighted by molar-refractivity contribution is 0.343. The van der Waals surface area contributed by atoms with Gasteiger partial charge in [-0.05, 0) is 35.4 Å². The van der Waals surface area contributed by atoms with Crippen molar-refractivity contribution < 1.29 is 13.6 Å². The Kier molecular flexibility index (Phi) is 3.50. The number of aromatic nitrogens is 1. The number of oxazole rings is 1. The SMILES string of the molecule is O=c1cc(-c2ccccc2)c2ccc(Oc3nc4ccccc4o3)cc2o1. The molecule has 0 spiro atoms. The summed E-state index contributed by atoms with van der Waals surface area (Å²) in [6, 6.07) is 23.9. The number of hydrogen-bond donors (Lipinski definition) is 0. The first kappa shape index (κ1) is 15.4. The number of hydrogen-bond acceptors (Lipinski definition) is 5. The van der Waals surface area contributed by atoms with Crippen LogP contribution >= 0.6 is 0 Å². The number of ether oxygens (including phenoxy) is 1. The molecule has 0 aliphatic carbocycles. The minimum atomic E-state index is -0.416. The maximum atomic E-state index is 12.0. The number of benzene rings is 3. The molecular weight excluding hydrogens is 342 g/mol. The van der Waals surface area contributed by atoms with Crippen molar-refractivity contribution in [2.75, 3.05) is 0 Å². The number of rotatable bonds is 3. The van der Waals surface area contributed by atoms with Crippen LogP contribution in [0.25, 0.3) is 33.2 Å². The van der Waals surface area contributed by atoms with Gasteiger partial charge in [-0.1, -0.05) is 42.5 Å². The lowest BCUT2D eigenvalue weighted by atomic mass is 10.0. The predicted molar refractivity (Wildman–Crippen MR) is 102 cm³/mol. The van der Waals surface area contributed by atoms with Crippen molar-refractivity contribution >= 4 is 22.1 Å². The van der Waals surface area contributed by atoms with Crippen LogP contribution < -0.4 is 10.4 Å². The molecule has 0 amide bonds. The van der Waals surface area contributed by atoms with Gasteiger partial charge in [-0.2, -0.15) is 4.98 Å². The van der Waals surface area contributed by atoms with Gasteiger partial charge >= 0.3 is 11.7 Å². The second-order valence-corrected chi connectivity index (χ2v) is 6.05. The molecule has 0 saturated carbocycles. The van der Waals surface area contributed by atoms with Gasteiger partial charge in [0.2, 0.25) is 0 Å². The van der Waals surface area contributed by atoms with Gasteiger partial charge in [-0.3, -0.25) is 0 Å². The fourth-order valence-corrected chi connectivity index (χ4v) is 3.06. The molecule has 5 aromatic rings. The average Bonchev–Trinajstić information content (AvgIpc) is 3.10. The number of fused-ring (bicyclic) bond motifs is 2. The van der Waals surface area contributed by atoms with E-state index in [2.05, 4.69) is 4.98 Å². The van der Waals surface area contributed by atoms with Crippen LogP contribution in [0.5, 0.6) is 11.8 Å². The van der Waals surface area contributed by atoms with Crippen molar-refractivity contribution in [1.29, 1.82) is 0 Å². The highest BCUT2D eigenvalue weighted by atomic mass is 16.6. The van der Waals surface area contributed by atoms with E-state index in [-0.39, 0.29) is 6.08 Å². The van der Waals surface area contributed by atoms with Crippen LogP contribution in [0.15, 0.2) is 92.5 Å². The summed E-state index contributed by atoms with van der Waals surface area (Å²) in [4.78, 5) is 16.3. The van der Waals surface area contributed by atoms with Crippen molar-refractivity contribution in [2.24, 2.45) is 0 Å². The molecule has 0 unspecified atom stereocenters. The first-order valence-electron chi connectivity index (χ1n) is 8.43. The molecular formula is C22H13NO4.